The van der Waals surface area contributed by atoms with E-state index >= 15 is 0 Å². The molecule has 6 heteroatoms. The van der Waals surface area contributed by atoms with E-state index in [2.05, 4.69) is 58.6 Å². The third-order valence-corrected chi connectivity index (χ3v) is 4.45. The molecule has 0 amide bonds. The molecule has 0 aliphatic carbocycles. The van der Waals surface area contributed by atoms with Crippen LogP contribution in [0.15, 0.2) is 53.5 Å². The summed E-state index contributed by atoms with van der Waals surface area (Å²) in [5, 5.41) is 6.63. The topological polar surface area (TPSA) is 39.7 Å². The minimum Gasteiger partial charge on any atom is -0.352 e. The predicted molar refractivity (Wildman–Crippen MR) is 122 cm³/mol. The molecular formula is C21H30FIN4. The molecule has 0 aliphatic heterocycles. The quantitative estimate of drug-likeness (QED) is 0.336. The summed E-state index contributed by atoms with van der Waals surface area (Å²) in [6.07, 6.45) is 0. The lowest BCUT2D eigenvalue weighted by Crippen LogP contribution is -2.36. The highest BCUT2D eigenvalue weighted by molar-refractivity contribution is 14.0. The van der Waals surface area contributed by atoms with Gasteiger partial charge in [0, 0.05) is 26.7 Å². The van der Waals surface area contributed by atoms with Gasteiger partial charge >= 0.3 is 0 Å². The zero-order valence-electron chi connectivity index (χ0n) is 16.3. The van der Waals surface area contributed by atoms with Crippen molar-refractivity contribution >= 4 is 29.9 Å². The molecule has 0 bridgehead atoms. The predicted octanol–water partition coefficient (Wildman–Crippen LogP) is 4.15. The number of hydrogen-bond acceptors (Lipinski definition) is 2. The third-order valence-electron chi connectivity index (χ3n) is 4.45. The molecule has 0 atom stereocenters. The lowest BCUT2D eigenvalue weighted by molar-refractivity contribution is 0.295. The summed E-state index contributed by atoms with van der Waals surface area (Å²) in [6, 6.07) is 15.0. The number of hydrogen-bond donors (Lipinski definition) is 2. The molecule has 4 nitrogen and oxygen atoms in total. The lowest BCUT2D eigenvalue weighted by Gasteiger charge is -2.20. The first-order valence-electron chi connectivity index (χ1n) is 9.14. The average Bonchev–Trinajstić information content (AvgIpc) is 2.68. The number of guanidine groups is 1. The Bertz CT molecular complexity index is 700. The molecule has 2 aromatic rings. The van der Waals surface area contributed by atoms with Crippen LogP contribution in [0, 0.1) is 5.82 Å². The molecule has 2 N–H and O–H groups in total. The van der Waals surface area contributed by atoms with Crippen LogP contribution in [0.4, 0.5) is 4.39 Å². The first-order valence-corrected chi connectivity index (χ1v) is 9.14. The number of nitrogens with zero attached hydrogens (tertiary/aromatic N) is 2. The van der Waals surface area contributed by atoms with Gasteiger partial charge in [-0.15, -0.1) is 24.0 Å². The second-order valence-electron chi connectivity index (χ2n) is 6.14. The van der Waals surface area contributed by atoms with Crippen molar-refractivity contribution in [1.82, 2.24) is 15.5 Å². The van der Waals surface area contributed by atoms with Gasteiger partial charge in [0.25, 0.3) is 0 Å². The number of rotatable bonds is 8. The fourth-order valence-electron chi connectivity index (χ4n) is 2.76. The molecular weight excluding hydrogens is 454 g/mol. The highest BCUT2D eigenvalue weighted by Gasteiger charge is 2.07. The van der Waals surface area contributed by atoms with Gasteiger partial charge in [0.05, 0.1) is 0 Å². The molecule has 0 aromatic heterocycles. The second kappa shape index (κ2) is 12.7. The van der Waals surface area contributed by atoms with Gasteiger partial charge in [0.2, 0.25) is 0 Å². The number of benzene rings is 2. The lowest BCUT2D eigenvalue weighted by atomic mass is 10.1. The summed E-state index contributed by atoms with van der Waals surface area (Å²) in [6.45, 7) is 8.71. The molecule has 27 heavy (non-hydrogen) atoms. The van der Waals surface area contributed by atoms with Crippen LogP contribution >= 0.6 is 24.0 Å². The maximum Gasteiger partial charge on any atom is 0.191 e. The van der Waals surface area contributed by atoms with Crippen molar-refractivity contribution in [2.75, 3.05) is 20.1 Å². The van der Waals surface area contributed by atoms with Gasteiger partial charge in [0.15, 0.2) is 5.96 Å². The summed E-state index contributed by atoms with van der Waals surface area (Å²) in [7, 11) is 1.75. The van der Waals surface area contributed by atoms with Crippen molar-refractivity contribution in [2.24, 2.45) is 4.99 Å². The van der Waals surface area contributed by atoms with Gasteiger partial charge in [-0.05, 0) is 41.9 Å². The molecule has 0 saturated carbocycles. The first kappa shape index (κ1) is 23.4. The van der Waals surface area contributed by atoms with Gasteiger partial charge < -0.3 is 10.6 Å². The Morgan fingerprint density at radius 3 is 2.11 bits per heavy atom. The Hall–Kier alpha value is -1.67. The van der Waals surface area contributed by atoms with E-state index in [4.69, 9.17) is 0 Å². The summed E-state index contributed by atoms with van der Waals surface area (Å²) >= 11 is 0. The minimum atomic E-state index is -0.221. The molecule has 0 fully saturated rings. The van der Waals surface area contributed by atoms with Crippen LogP contribution in [-0.2, 0) is 19.6 Å². The van der Waals surface area contributed by atoms with Gasteiger partial charge in [0.1, 0.15) is 5.82 Å². The van der Waals surface area contributed by atoms with E-state index < -0.39 is 0 Å². The van der Waals surface area contributed by atoms with E-state index in [1.807, 2.05) is 0 Å². The Balaban J connectivity index is 0.00000364. The summed E-state index contributed by atoms with van der Waals surface area (Å²) in [4.78, 5) is 6.67. The molecule has 148 valence electrons. The average molecular weight is 484 g/mol. The van der Waals surface area contributed by atoms with Crippen molar-refractivity contribution in [3.63, 3.8) is 0 Å². The summed E-state index contributed by atoms with van der Waals surface area (Å²) in [5.41, 5.74) is 3.61. The molecule has 0 saturated heterocycles. The van der Waals surface area contributed by atoms with Crippen LogP contribution in [0.5, 0.6) is 0 Å². The Morgan fingerprint density at radius 1 is 0.926 bits per heavy atom. The minimum absolute atomic E-state index is 0. The van der Waals surface area contributed by atoms with Crippen LogP contribution in [0.25, 0.3) is 0 Å². The van der Waals surface area contributed by atoms with Crippen molar-refractivity contribution < 1.29 is 4.39 Å². The largest absolute Gasteiger partial charge is 0.352 e. The summed E-state index contributed by atoms with van der Waals surface area (Å²) < 4.78 is 13.0. The maximum absolute atomic E-state index is 13.0. The van der Waals surface area contributed by atoms with Crippen molar-refractivity contribution in [1.29, 1.82) is 0 Å². The SMILES string of the molecule is CCN(CC)Cc1ccccc1CNC(=NC)NCc1ccc(F)cc1.I. The Labute approximate surface area is 179 Å². The Kier molecular flexibility index (Phi) is 11.0. The molecule has 0 radical (unpaired) electrons. The zero-order valence-corrected chi connectivity index (χ0v) is 18.7. The molecule has 2 rings (SSSR count). The third kappa shape index (κ3) is 7.84. The maximum atomic E-state index is 13.0. The van der Waals surface area contributed by atoms with Gasteiger partial charge in [-0.1, -0.05) is 50.2 Å². The normalized spacial score (nSPS) is 11.2. The van der Waals surface area contributed by atoms with Gasteiger partial charge in [-0.25, -0.2) is 4.39 Å². The van der Waals surface area contributed by atoms with Crippen LogP contribution in [0.3, 0.4) is 0 Å². The van der Waals surface area contributed by atoms with Crippen molar-refractivity contribution in [3.05, 3.63) is 71.0 Å². The van der Waals surface area contributed by atoms with Gasteiger partial charge in [-0.2, -0.15) is 0 Å². The fourth-order valence-corrected chi connectivity index (χ4v) is 2.76. The van der Waals surface area contributed by atoms with E-state index in [0.29, 0.717) is 13.1 Å². The number of nitrogens with one attached hydrogen (secondary N) is 2. The standard InChI is InChI=1S/C21H29FN4.HI/c1-4-26(5-2)16-19-9-7-6-8-18(19)15-25-21(23-3)24-14-17-10-12-20(22)13-11-17;/h6-13H,4-5,14-16H2,1-3H3,(H2,23,24,25);1H. The van der Waals surface area contributed by atoms with E-state index in [-0.39, 0.29) is 29.8 Å². The number of aliphatic imine (C=N–C) groups is 1. The second-order valence-corrected chi connectivity index (χ2v) is 6.14. The first-order chi connectivity index (χ1) is 12.7. The van der Waals surface area contributed by atoms with Crippen LogP contribution < -0.4 is 10.6 Å². The monoisotopic (exact) mass is 484 g/mol. The van der Waals surface area contributed by atoms with Crippen LogP contribution in [-0.4, -0.2) is 31.0 Å². The zero-order chi connectivity index (χ0) is 18.8. The van der Waals surface area contributed by atoms with E-state index in [9.17, 15) is 4.39 Å². The summed E-state index contributed by atoms with van der Waals surface area (Å²) in [5.74, 6) is 0.507. The molecule has 0 heterocycles. The highest BCUT2D eigenvalue weighted by atomic mass is 127. The number of halogens is 2. The molecule has 0 spiro atoms. The van der Waals surface area contributed by atoms with E-state index in [0.717, 1.165) is 31.2 Å². The van der Waals surface area contributed by atoms with Gasteiger partial charge in [-0.3, -0.25) is 9.89 Å². The Morgan fingerprint density at radius 2 is 1.52 bits per heavy atom. The van der Waals surface area contributed by atoms with E-state index in [1.54, 1.807) is 19.2 Å². The van der Waals surface area contributed by atoms with Crippen molar-refractivity contribution in [2.45, 2.75) is 33.5 Å². The molecule has 0 unspecified atom stereocenters. The smallest absolute Gasteiger partial charge is 0.191 e. The van der Waals surface area contributed by atoms with E-state index in [1.165, 1.54) is 23.3 Å². The molecule has 0 aliphatic rings. The fraction of sp³-hybridized carbons (Fsp3) is 0.381. The molecule has 2 aromatic carbocycles. The van der Waals surface area contributed by atoms with Crippen LogP contribution in [0.1, 0.15) is 30.5 Å². The van der Waals surface area contributed by atoms with Crippen LogP contribution in [0.2, 0.25) is 0 Å². The van der Waals surface area contributed by atoms with Crippen molar-refractivity contribution in [3.8, 4) is 0 Å². The highest BCUT2D eigenvalue weighted by Crippen LogP contribution is 2.11.